The maximum Gasteiger partial charge on any atom is 0.269 e. The average molecular weight is 982 g/mol. The van der Waals surface area contributed by atoms with Crippen LogP contribution < -0.4 is 31.9 Å². The second kappa shape index (κ2) is 24.1. The number of rotatable bonds is 16. The lowest BCUT2D eigenvalue weighted by atomic mass is 10.2. The van der Waals surface area contributed by atoms with Crippen LogP contribution in [0.2, 0.25) is 15.1 Å². The van der Waals surface area contributed by atoms with E-state index in [2.05, 4.69) is 71.6 Å². The van der Waals surface area contributed by atoms with Crippen LogP contribution in [-0.4, -0.2) is 121 Å². The molecule has 0 aliphatic carbocycles. The van der Waals surface area contributed by atoms with E-state index in [-0.39, 0.29) is 49.7 Å². The van der Waals surface area contributed by atoms with Crippen molar-refractivity contribution in [1.82, 2.24) is 50.3 Å². The number of nitrogens with zero attached hydrogens (tertiary/aromatic N) is 8. The highest BCUT2D eigenvalue weighted by Crippen LogP contribution is 2.26. The molecule has 0 bridgehead atoms. The lowest BCUT2D eigenvalue weighted by Gasteiger charge is -2.14. The normalized spacial score (nSPS) is 13.5. The first-order valence-corrected chi connectivity index (χ1v) is 22.8. The second-order valence-corrected chi connectivity index (χ2v) is 16.7. The van der Waals surface area contributed by atoms with E-state index in [1.165, 1.54) is 81.1 Å². The molecule has 2 aliphatic rings. The molecule has 0 unspecified atom stereocenters. The fraction of sp³-hybridized carbons (Fsp3) is 0.261. The zero-order chi connectivity index (χ0) is 47.8. The number of phenolic OH excluding ortho intramolecular Hbond substituents is 1. The number of anilines is 6. The Hall–Kier alpha value is -7.03. The molecule has 2 aliphatic heterocycles. The average Bonchev–Trinajstić information content (AvgIpc) is 4.07. The fourth-order valence-corrected chi connectivity index (χ4v) is 7.79. The van der Waals surface area contributed by atoms with Crippen LogP contribution in [0.3, 0.4) is 0 Å². The Balaban J connectivity index is 0.000000201. The number of amides is 4. The lowest BCUT2D eigenvalue weighted by molar-refractivity contribution is 0.0937. The smallest absolute Gasteiger partial charge is 0.269 e. The molecule has 19 nitrogen and oxygen atoms in total. The van der Waals surface area contributed by atoms with Crippen LogP contribution in [-0.2, 0) is 0 Å². The Bertz CT molecular complexity index is 2650. The molecule has 4 aromatic heterocycles. The van der Waals surface area contributed by atoms with E-state index in [1.807, 2.05) is 0 Å². The van der Waals surface area contributed by atoms with Gasteiger partial charge in [0.05, 0.1) is 86.1 Å². The highest BCUT2D eigenvalue weighted by molar-refractivity contribution is 6.40. The lowest BCUT2D eigenvalue weighted by Crippen LogP contribution is -2.33. The highest BCUT2D eigenvalue weighted by Gasteiger charge is 2.17. The molecule has 4 amide bonds. The summed E-state index contributed by atoms with van der Waals surface area (Å²) in [7, 11) is 0. The molecular formula is C46H47Cl3N14O5. The predicted molar refractivity (Wildman–Crippen MR) is 261 cm³/mol. The maximum absolute atomic E-state index is 12.5. The summed E-state index contributed by atoms with van der Waals surface area (Å²) >= 11 is 18.1. The van der Waals surface area contributed by atoms with Crippen molar-refractivity contribution < 1.29 is 24.3 Å². The van der Waals surface area contributed by atoms with Crippen molar-refractivity contribution >= 4 is 93.1 Å². The number of hydrogen-bond donors (Lipinski definition) is 7. The third kappa shape index (κ3) is 14.2. The molecule has 2 fully saturated rings. The van der Waals surface area contributed by atoms with Gasteiger partial charge >= 0.3 is 0 Å². The maximum atomic E-state index is 12.5. The zero-order valence-electron chi connectivity index (χ0n) is 36.5. The molecule has 22 heteroatoms. The van der Waals surface area contributed by atoms with Gasteiger partial charge in [-0.3, -0.25) is 19.2 Å². The molecule has 6 aromatic rings. The number of benzene rings is 2. The van der Waals surface area contributed by atoms with Gasteiger partial charge in [0.25, 0.3) is 23.6 Å². The minimum absolute atomic E-state index is 0.0652. The molecule has 7 N–H and O–H groups in total. The Morgan fingerprint density at radius 1 is 0.515 bits per heavy atom. The van der Waals surface area contributed by atoms with Gasteiger partial charge in [-0.1, -0.05) is 40.9 Å². The van der Waals surface area contributed by atoms with E-state index < -0.39 is 11.8 Å². The van der Waals surface area contributed by atoms with Crippen LogP contribution in [0.15, 0.2) is 97.8 Å². The Morgan fingerprint density at radius 3 is 1.40 bits per heavy atom. The van der Waals surface area contributed by atoms with Crippen LogP contribution >= 0.6 is 34.8 Å². The van der Waals surface area contributed by atoms with Crippen LogP contribution in [0.1, 0.15) is 67.4 Å². The molecule has 68 heavy (non-hydrogen) atoms. The fourth-order valence-electron chi connectivity index (χ4n) is 7.02. The van der Waals surface area contributed by atoms with Gasteiger partial charge in [-0.25, -0.2) is 29.9 Å². The molecule has 2 saturated heterocycles. The Morgan fingerprint density at radius 2 is 0.956 bits per heavy atom. The summed E-state index contributed by atoms with van der Waals surface area (Å²) in [6.45, 7) is 7.27. The molecule has 0 saturated carbocycles. The molecule has 0 radical (unpaired) electrons. The third-order valence-electron chi connectivity index (χ3n) is 10.5. The Kier molecular flexibility index (Phi) is 17.3. The van der Waals surface area contributed by atoms with Gasteiger partial charge in [-0.2, -0.15) is 0 Å². The molecule has 8 rings (SSSR count). The first-order valence-electron chi connectivity index (χ1n) is 21.6. The number of carbonyl (C=O) groups excluding carboxylic acids is 4. The molecule has 352 valence electrons. The van der Waals surface area contributed by atoms with Crippen LogP contribution in [0.5, 0.6) is 5.75 Å². The monoisotopic (exact) mass is 980 g/mol. The van der Waals surface area contributed by atoms with E-state index in [0.29, 0.717) is 53.2 Å². The topological polar surface area (TPSA) is 245 Å². The summed E-state index contributed by atoms with van der Waals surface area (Å²) in [5.74, 6) is -0.849. The van der Waals surface area contributed by atoms with E-state index in [0.717, 1.165) is 39.3 Å². The van der Waals surface area contributed by atoms with Crippen LogP contribution in [0.25, 0.3) is 0 Å². The number of hydrogen-bond acceptors (Lipinski definition) is 15. The second-order valence-electron chi connectivity index (χ2n) is 15.5. The summed E-state index contributed by atoms with van der Waals surface area (Å²) in [6.07, 6.45) is 13.7. The molecular weight excluding hydrogens is 935 g/mol. The van der Waals surface area contributed by atoms with Crippen molar-refractivity contribution in [1.29, 1.82) is 0 Å². The van der Waals surface area contributed by atoms with E-state index in [9.17, 15) is 24.3 Å². The summed E-state index contributed by atoms with van der Waals surface area (Å²) in [5.41, 5.74) is 2.94. The van der Waals surface area contributed by atoms with Gasteiger partial charge in [0.2, 0.25) is 11.9 Å². The quantitative estimate of drug-likeness (QED) is 0.0514. The van der Waals surface area contributed by atoms with E-state index in [4.69, 9.17) is 34.8 Å². The van der Waals surface area contributed by atoms with Gasteiger partial charge < -0.3 is 46.8 Å². The number of aromatic nitrogens is 6. The summed E-state index contributed by atoms with van der Waals surface area (Å²) in [4.78, 5) is 79.1. The molecule has 0 atom stereocenters. The van der Waals surface area contributed by atoms with Crippen LogP contribution in [0.4, 0.5) is 34.6 Å². The van der Waals surface area contributed by atoms with Gasteiger partial charge in [0.15, 0.2) is 0 Å². The number of nitrogens with one attached hydrogen (secondary N) is 6. The van der Waals surface area contributed by atoms with Crippen LogP contribution in [0, 0.1) is 0 Å². The van der Waals surface area contributed by atoms with Crippen molar-refractivity contribution in [2.45, 2.75) is 25.7 Å². The van der Waals surface area contributed by atoms with Gasteiger partial charge in [-0.05, 0) is 106 Å². The van der Waals surface area contributed by atoms with Gasteiger partial charge in [0, 0.05) is 26.2 Å². The van der Waals surface area contributed by atoms with E-state index in [1.54, 1.807) is 42.5 Å². The predicted octanol–water partition coefficient (Wildman–Crippen LogP) is 7.05. The number of halogens is 3. The van der Waals surface area contributed by atoms with E-state index >= 15 is 0 Å². The molecule has 2 aromatic carbocycles. The molecule has 0 spiro atoms. The Labute approximate surface area is 406 Å². The summed E-state index contributed by atoms with van der Waals surface area (Å²) in [5, 5.41) is 27.3. The van der Waals surface area contributed by atoms with Crippen molar-refractivity contribution in [2.75, 3.05) is 73.6 Å². The van der Waals surface area contributed by atoms with Crippen molar-refractivity contribution in [3.8, 4) is 5.75 Å². The van der Waals surface area contributed by atoms with Crippen molar-refractivity contribution in [2.24, 2.45) is 0 Å². The zero-order valence-corrected chi connectivity index (χ0v) is 38.8. The number of pyridine rings is 2. The standard InChI is InChI=1S/C23H23Cl2N7O2.C23H24ClN7O3/c24-17-4-3-5-18(25)20(17)22(34)30-16-13-28-23(29-14-16)31-15-6-7-19(27-12-15)21(33)26-8-11-32-9-1-2-10-32;24-19-5-4-17(32)11-18(19)21(33)29-16-13-27-23(28-14-16)30-15-3-6-20(26-12-15)22(34)25-7-10-31-8-1-2-9-31/h3-7,12-14H,1-2,8-11H2,(H,26,33)(H,30,34)(H,28,29,31);3-6,11-14,32H,1-2,7-10H2,(H,25,34)(H,29,33)(H,27,28,30). The number of aromatic hydroxyl groups is 1. The van der Waals surface area contributed by atoms with Crippen molar-refractivity contribution in [3.63, 3.8) is 0 Å². The first kappa shape index (κ1) is 48.9. The largest absolute Gasteiger partial charge is 0.508 e. The molecule has 6 heterocycles. The number of phenols is 1. The van der Waals surface area contributed by atoms with Gasteiger partial charge in [0.1, 0.15) is 17.1 Å². The SMILES string of the molecule is O=C(NCCN1CCCC1)c1ccc(Nc2ncc(NC(=O)c3c(Cl)cccc3Cl)cn2)cn1.O=C(NCCN1CCCC1)c1ccc(Nc2ncc(NC(=O)c3cc(O)ccc3Cl)cn2)cn1. The van der Waals surface area contributed by atoms with Gasteiger partial charge in [-0.15, -0.1) is 0 Å². The summed E-state index contributed by atoms with van der Waals surface area (Å²) in [6, 6.07) is 15.6. The number of carbonyl (C=O) groups is 4. The minimum Gasteiger partial charge on any atom is -0.508 e. The van der Waals surface area contributed by atoms with Crippen molar-refractivity contribution in [3.05, 3.63) is 135 Å². The third-order valence-corrected chi connectivity index (χ3v) is 11.5. The first-order chi connectivity index (χ1) is 33.0. The summed E-state index contributed by atoms with van der Waals surface area (Å²) < 4.78 is 0. The number of likely N-dealkylation sites (tertiary alicyclic amines) is 2. The highest BCUT2D eigenvalue weighted by atomic mass is 35.5. The minimum atomic E-state index is -0.497.